The van der Waals surface area contributed by atoms with Crippen LogP contribution >= 0.6 is 12.4 Å². The Kier molecular flexibility index (Phi) is 13.7. The van der Waals surface area contributed by atoms with E-state index in [4.69, 9.17) is 31.8 Å². The van der Waals surface area contributed by atoms with Gasteiger partial charge in [-0.25, -0.2) is 0 Å². The third-order valence-corrected chi connectivity index (χ3v) is 5.56. The standard InChI is InChI=1S/C26H36N6O4.ClH/c1-18(33)24(12-17-36-23-10-6-21(7-11-23)26(29)30)31-13-15-32(19(2)34)14-3-16-35-22-8-4-20(5-9-22)25(27)28;/h4-11,24,31H,3,12-17H2,1-2H3,(H3,27,28)(H3,29,30);1H. The summed E-state index contributed by atoms with van der Waals surface area (Å²) in [6.45, 7) is 5.32. The van der Waals surface area contributed by atoms with Gasteiger partial charge in [0.15, 0.2) is 0 Å². The lowest BCUT2D eigenvalue weighted by Crippen LogP contribution is -2.43. The summed E-state index contributed by atoms with van der Waals surface area (Å²) in [5.74, 6) is 1.28. The Hall–Kier alpha value is -3.63. The molecule has 202 valence electrons. The number of ketones is 1. The number of ether oxygens (including phenoxy) is 2. The van der Waals surface area contributed by atoms with Crippen molar-refractivity contribution in [2.24, 2.45) is 11.5 Å². The van der Waals surface area contributed by atoms with E-state index in [0.29, 0.717) is 68.3 Å². The maximum absolute atomic E-state index is 12.0. The molecule has 0 bridgehead atoms. The van der Waals surface area contributed by atoms with Gasteiger partial charge in [0.25, 0.3) is 0 Å². The molecule has 1 unspecified atom stereocenters. The highest BCUT2D eigenvalue weighted by molar-refractivity contribution is 5.95. The van der Waals surface area contributed by atoms with Gasteiger partial charge in [-0.3, -0.25) is 20.4 Å². The zero-order chi connectivity index (χ0) is 26.5. The number of rotatable bonds is 16. The van der Waals surface area contributed by atoms with Crippen LogP contribution in [0.4, 0.5) is 0 Å². The summed E-state index contributed by atoms with van der Waals surface area (Å²) in [5.41, 5.74) is 12.2. The van der Waals surface area contributed by atoms with Crippen molar-refractivity contribution >= 4 is 35.8 Å². The van der Waals surface area contributed by atoms with Crippen molar-refractivity contribution in [2.75, 3.05) is 32.8 Å². The highest BCUT2D eigenvalue weighted by atomic mass is 35.5. The van der Waals surface area contributed by atoms with E-state index in [1.54, 1.807) is 53.4 Å². The van der Waals surface area contributed by atoms with E-state index in [1.165, 1.54) is 13.8 Å². The SMILES string of the molecule is CC(=O)C(CCOc1ccc(C(=N)N)cc1)NCCN(CCCOc1ccc(C(=N)N)cc1)C(C)=O.Cl. The summed E-state index contributed by atoms with van der Waals surface area (Å²) in [5, 5.41) is 18.1. The molecule has 0 radical (unpaired) electrons. The normalized spacial score (nSPS) is 11.1. The number of nitrogens with zero attached hydrogens (tertiary/aromatic N) is 1. The molecule has 2 rings (SSSR count). The molecule has 0 fully saturated rings. The lowest BCUT2D eigenvalue weighted by atomic mass is 10.1. The molecule has 37 heavy (non-hydrogen) atoms. The second-order valence-electron chi connectivity index (χ2n) is 8.34. The predicted molar refractivity (Wildman–Crippen MR) is 147 cm³/mol. The Labute approximate surface area is 224 Å². The molecule has 1 amide bonds. The van der Waals surface area contributed by atoms with Crippen LogP contribution in [0.2, 0.25) is 0 Å². The van der Waals surface area contributed by atoms with Crippen LogP contribution < -0.4 is 26.3 Å². The second kappa shape index (κ2) is 16.2. The van der Waals surface area contributed by atoms with E-state index in [9.17, 15) is 9.59 Å². The van der Waals surface area contributed by atoms with Gasteiger partial charge in [-0.1, -0.05) is 0 Å². The molecular weight excluding hydrogens is 496 g/mol. The summed E-state index contributed by atoms with van der Waals surface area (Å²) in [6.07, 6.45) is 1.14. The Morgan fingerprint density at radius 1 is 0.865 bits per heavy atom. The molecule has 0 aliphatic carbocycles. The first-order chi connectivity index (χ1) is 17.2. The number of amides is 1. The van der Waals surface area contributed by atoms with Crippen molar-refractivity contribution in [1.29, 1.82) is 10.8 Å². The number of hydrogen-bond acceptors (Lipinski definition) is 7. The molecule has 7 N–H and O–H groups in total. The summed E-state index contributed by atoms with van der Waals surface area (Å²) in [6, 6.07) is 13.5. The van der Waals surface area contributed by atoms with E-state index in [1.807, 2.05) is 0 Å². The molecule has 0 heterocycles. The van der Waals surface area contributed by atoms with Crippen molar-refractivity contribution in [1.82, 2.24) is 10.2 Å². The zero-order valence-corrected chi connectivity index (χ0v) is 22.1. The summed E-state index contributed by atoms with van der Waals surface area (Å²) in [7, 11) is 0. The molecule has 0 aliphatic heterocycles. The van der Waals surface area contributed by atoms with Gasteiger partial charge in [0.2, 0.25) is 5.91 Å². The Morgan fingerprint density at radius 3 is 1.78 bits per heavy atom. The van der Waals surface area contributed by atoms with E-state index in [0.717, 1.165) is 0 Å². The van der Waals surface area contributed by atoms with Crippen LogP contribution in [-0.4, -0.2) is 67.2 Å². The van der Waals surface area contributed by atoms with Crippen LogP contribution in [0, 0.1) is 10.8 Å². The Balaban J connectivity index is 0.00000684. The number of nitrogens with two attached hydrogens (primary N) is 2. The largest absolute Gasteiger partial charge is 0.494 e. The third kappa shape index (κ3) is 11.3. The lowest BCUT2D eigenvalue weighted by molar-refractivity contribution is -0.128. The maximum atomic E-state index is 12.0. The third-order valence-electron chi connectivity index (χ3n) is 5.56. The van der Waals surface area contributed by atoms with Gasteiger partial charge in [0.05, 0.1) is 19.3 Å². The van der Waals surface area contributed by atoms with Gasteiger partial charge in [0, 0.05) is 44.1 Å². The van der Waals surface area contributed by atoms with E-state index >= 15 is 0 Å². The molecule has 0 saturated carbocycles. The molecule has 0 spiro atoms. The fourth-order valence-corrected chi connectivity index (χ4v) is 3.45. The van der Waals surface area contributed by atoms with Crippen LogP contribution in [-0.2, 0) is 9.59 Å². The van der Waals surface area contributed by atoms with E-state index < -0.39 is 0 Å². The minimum atomic E-state index is -0.378. The molecule has 10 nitrogen and oxygen atoms in total. The molecule has 1 atom stereocenters. The van der Waals surface area contributed by atoms with Gasteiger partial charge in [-0.15, -0.1) is 12.4 Å². The number of nitrogen functional groups attached to an aromatic ring is 2. The number of Topliss-reactive ketones (excluding diaryl/α,β-unsaturated/α-hetero) is 1. The van der Waals surface area contributed by atoms with Crippen LogP contribution in [0.1, 0.15) is 37.8 Å². The number of carbonyl (C=O) groups excluding carboxylic acids is 2. The number of halogens is 1. The highest BCUT2D eigenvalue weighted by Crippen LogP contribution is 2.13. The molecule has 11 heteroatoms. The summed E-state index contributed by atoms with van der Waals surface area (Å²) >= 11 is 0. The van der Waals surface area contributed by atoms with Gasteiger partial charge in [-0.2, -0.15) is 0 Å². The van der Waals surface area contributed by atoms with E-state index in [2.05, 4.69) is 5.32 Å². The minimum absolute atomic E-state index is 0. The van der Waals surface area contributed by atoms with Crippen LogP contribution in [0.3, 0.4) is 0 Å². The average molecular weight is 533 g/mol. The maximum Gasteiger partial charge on any atom is 0.219 e. The second-order valence-corrected chi connectivity index (χ2v) is 8.34. The van der Waals surface area contributed by atoms with E-state index in [-0.39, 0.29) is 41.8 Å². The van der Waals surface area contributed by atoms with Crippen molar-refractivity contribution < 1.29 is 19.1 Å². The number of hydrogen-bond donors (Lipinski definition) is 5. The molecule has 0 saturated heterocycles. The average Bonchev–Trinajstić information content (AvgIpc) is 2.84. The number of nitrogens with one attached hydrogen (secondary N) is 3. The van der Waals surface area contributed by atoms with Crippen molar-refractivity contribution in [2.45, 2.75) is 32.7 Å². The van der Waals surface area contributed by atoms with Crippen molar-refractivity contribution in [3.8, 4) is 11.5 Å². The molecule has 2 aromatic rings. The smallest absolute Gasteiger partial charge is 0.219 e. The number of amidine groups is 2. The van der Waals surface area contributed by atoms with Crippen LogP contribution in [0.15, 0.2) is 48.5 Å². The summed E-state index contributed by atoms with van der Waals surface area (Å²) in [4.78, 5) is 25.8. The molecule has 2 aromatic carbocycles. The number of benzene rings is 2. The van der Waals surface area contributed by atoms with Gasteiger partial charge < -0.3 is 31.2 Å². The Morgan fingerprint density at radius 2 is 1.35 bits per heavy atom. The highest BCUT2D eigenvalue weighted by Gasteiger charge is 2.15. The lowest BCUT2D eigenvalue weighted by Gasteiger charge is -2.23. The predicted octanol–water partition coefficient (Wildman–Crippen LogP) is 2.31. The number of carbonyl (C=O) groups is 2. The zero-order valence-electron chi connectivity index (χ0n) is 21.3. The first kappa shape index (κ1) is 31.4. The molecule has 0 aliphatic rings. The van der Waals surface area contributed by atoms with Crippen molar-refractivity contribution in [3.05, 3.63) is 59.7 Å². The van der Waals surface area contributed by atoms with Crippen LogP contribution in [0.5, 0.6) is 11.5 Å². The minimum Gasteiger partial charge on any atom is -0.494 e. The fourth-order valence-electron chi connectivity index (χ4n) is 3.45. The molecular formula is C26H37ClN6O4. The summed E-state index contributed by atoms with van der Waals surface area (Å²) < 4.78 is 11.4. The molecule has 0 aromatic heterocycles. The fraction of sp³-hybridized carbons (Fsp3) is 0.385. The van der Waals surface area contributed by atoms with Gasteiger partial charge in [-0.05, 0) is 61.9 Å². The van der Waals surface area contributed by atoms with Crippen molar-refractivity contribution in [3.63, 3.8) is 0 Å². The van der Waals surface area contributed by atoms with Gasteiger partial charge in [0.1, 0.15) is 29.0 Å². The monoisotopic (exact) mass is 532 g/mol. The quantitative estimate of drug-likeness (QED) is 0.125. The Bertz CT molecular complexity index is 1030. The van der Waals surface area contributed by atoms with Crippen LogP contribution in [0.25, 0.3) is 0 Å². The van der Waals surface area contributed by atoms with Gasteiger partial charge >= 0.3 is 0 Å². The first-order valence-corrected chi connectivity index (χ1v) is 11.8. The first-order valence-electron chi connectivity index (χ1n) is 11.8. The topological polar surface area (TPSA) is 168 Å².